The van der Waals surface area contributed by atoms with Crippen molar-refractivity contribution in [3.8, 4) is 22.8 Å². The van der Waals surface area contributed by atoms with E-state index in [2.05, 4.69) is 15.3 Å². The first-order chi connectivity index (χ1) is 17.4. The van der Waals surface area contributed by atoms with Crippen LogP contribution < -0.4 is 14.8 Å². The summed E-state index contributed by atoms with van der Waals surface area (Å²) in [5.74, 6) is 1.43. The number of methoxy groups -OCH3 is 1. The zero-order chi connectivity index (χ0) is 25.2. The fourth-order valence-electron chi connectivity index (χ4n) is 4.32. The van der Waals surface area contributed by atoms with Gasteiger partial charge >= 0.3 is 5.97 Å². The van der Waals surface area contributed by atoms with Gasteiger partial charge in [0.2, 0.25) is 0 Å². The third kappa shape index (κ3) is 4.81. The number of nitrogens with one attached hydrogen (secondary N) is 1. The predicted molar refractivity (Wildman–Crippen MR) is 137 cm³/mol. The second-order valence-corrected chi connectivity index (χ2v) is 9.21. The fraction of sp³-hybridized carbons (Fsp3) is 0.296. The average Bonchev–Trinajstić information content (AvgIpc) is 3.15. The molecule has 0 aliphatic heterocycles. The summed E-state index contributed by atoms with van der Waals surface area (Å²) in [6.45, 7) is 2.53. The number of ether oxygens (including phenoxy) is 2. The van der Waals surface area contributed by atoms with Gasteiger partial charge in [-0.3, -0.25) is 0 Å². The Morgan fingerprint density at radius 1 is 1.19 bits per heavy atom. The van der Waals surface area contributed by atoms with Crippen molar-refractivity contribution >= 4 is 34.4 Å². The van der Waals surface area contributed by atoms with E-state index in [9.17, 15) is 9.90 Å². The van der Waals surface area contributed by atoms with Crippen molar-refractivity contribution in [2.45, 2.75) is 38.7 Å². The van der Waals surface area contributed by atoms with E-state index in [1.165, 1.54) is 6.33 Å². The molecular weight excluding hydrogens is 482 g/mol. The van der Waals surface area contributed by atoms with Gasteiger partial charge in [0.05, 0.1) is 18.9 Å². The number of aryl methyl sites for hydroxylation is 1. The highest BCUT2D eigenvalue weighted by atomic mass is 35.5. The maximum absolute atomic E-state index is 11.7. The molecule has 1 aliphatic carbocycles. The first-order valence-corrected chi connectivity index (χ1v) is 12.2. The van der Waals surface area contributed by atoms with E-state index in [1.54, 1.807) is 31.4 Å². The quantitative estimate of drug-likeness (QED) is 0.278. The van der Waals surface area contributed by atoms with Gasteiger partial charge in [0.15, 0.2) is 11.3 Å². The lowest BCUT2D eigenvalue weighted by Crippen LogP contribution is -2.25. The maximum Gasteiger partial charge on any atom is 0.339 e. The minimum atomic E-state index is -1.01. The summed E-state index contributed by atoms with van der Waals surface area (Å²) >= 11 is 6.27. The molecule has 8 nitrogen and oxygen atoms in total. The van der Waals surface area contributed by atoms with Crippen molar-refractivity contribution in [1.29, 1.82) is 0 Å². The van der Waals surface area contributed by atoms with E-state index in [1.807, 2.05) is 19.1 Å². The van der Waals surface area contributed by atoms with Crippen LogP contribution in [0.4, 0.5) is 5.82 Å². The summed E-state index contributed by atoms with van der Waals surface area (Å²) in [6, 6.07) is 10.5. The summed E-state index contributed by atoms with van der Waals surface area (Å²) in [4.78, 5) is 20.4. The van der Waals surface area contributed by atoms with E-state index < -0.39 is 5.97 Å². The van der Waals surface area contributed by atoms with Gasteiger partial charge in [0.25, 0.3) is 0 Å². The Kier molecular flexibility index (Phi) is 6.69. The lowest BCUT2D eigenvalue weighted by Gasteiger charge is -2.27. The van der Waals surface area contributed by atoms with Gasteiger partial charge in [-0.25, -0.2) is 14.8 Å². The Balaban J connectivity index is 1.33. The zero-order valence-electron chi connectivity index (χ0n) is 20.0. The monoisotopic (exact) mass is 507 g/mol. The molecule has 2 N–H and O–H groups in total. The average molecular weight is 508 g/mol. The highest BCUT2D eigenvalue weighted by molar-refractivity contribution is 6.31. The van der Waals surface area contributed by atoms with Gasteiger partial charge in [-0.1, -0.05) is 17.7 Å². The fourth-order valence-corrected chi connectivity index (χ4v) is 4.52. The largest absolute Gasteiger partial charge is 0.493 e. The van der Waals surface area contributed by atoms with Crippen molar-refractivity contribution < 1.29 is 23.8 Å². The topological polar surface area (TPSA) is 107 Å². The number of fused-ring (bicyclic) bond motifs is 1. The number of rotatable bonds is 9. The smallest absolute Gasteiger partial charge is 0.339 e. The predicted octanol–water partition coefficient (Wildman–Crippen LogP) is 6.14. The molecule has 1 aliphatic rings. The molecule has 0 atom stereocenters. The van der Waals surface area contributed by atoms with Crippen molar-refractivity contribution in [2.24, 2.45) is 0 Å². The second-order valence-electron chi connectivity index (χ2n) is 8.77. The van der Waals surface area contributed by atoms with Crippen LogP contribution in [0, 0.1) is 6.92 Å². The van der Waals surface area contributed by atoms with Gasteiger partial charge in [0.1, 0.15) is 29.2 Å². The molecule has 0 spiro atoms. The van der Waals surface area contributed by atoms with E-state index in [-0.39, 0.29) is 11.7 Å². The Morgan fingerprint density at radius 3 is 2.75 bits per heavy atom. The lowest BCUT2D eigenvalue weighted by molar-refractivity contribution is 0.0680. The van der Waals surface area contributed by atoms with Gasteiger partial charge in [0, 0.05) is 40.2 Å². The van der Waals surface area contributed by atoms with Crippen LogP contribution in [0.25, 0.3) is 22.2 Å². The Bertz CT molecular complexity index is 1430. The van der Waals surface area contributed by atoms with Crippen molar-refractivity contribution in [2.75, 3.05) is 19.0 Å². The van der Waals surface area contributed by atoms with Crippen molar-refractivity contribution in [3.63, 3.8) is 0 Å². The first-order valence-electron chi connectivity index (χ1n) is 11.8. The van der Waals surface area contributed by atoms with E-state index in [0.717, 1.165) is 41.5 Å². The molecule has 5 rings (SSSR count). The molecule has 2 aromatic heterocycles. The van der Waals surface area contributed by atoms with Crippen LogP contribution in [0.1, 0.15) is 40.9 Å². The first kappa shape index (κ1) is 23.9. The number of carboxylic acid groups (broad SMARTS) is 1. The van der Waals surface area contributed by atoms with Crippen LogP contribution in [0.5, 0.6) is 11.5 Å². The summed E-state index contributed by atoms with van der Waals surface area (Å²) in [6.07, 6.45) is 5.22. The number of furan rings is 1. The van der Waals surface area contributed by atoms with Crippen LogP contribution in [-0.4, -0.2) is 40.8 Å². The molecule has 0 unspecified atom stereocenters. The van der Waals surface area contributed by atoms with Gasteiger partial charge in [-0.2, -0.15) is 0 Å². The number of benzene rings is 2. The third-order valence-electron chi connectivity index (χ3n) is 6.45. The molecule has 36 heavy (non-hydrogen) atoms. The zero-order valence-corrected chi connectivity index (χ0v) is 20.8. The van der Waals surface area contributed by atoms with Gasteiger partial charge < -0.3 is 24.3 Å². The SMILES string of the molecule is COc1cc(Cl)cc2c(CCNc3cc(-c4ccc(C(=O)O)c(OC5CCC5)c4)ncn3)c(C)oc12. The number of aromatic carboxylic acids is 1. The summed E-state index contributed by atoms with van der Waals surface area (Å²) in [5.41, 5.74) is 3.32. The normalized spacial score (nSPS) is 13.4. The van der Waals surface area contributed by atoms with E-state index in [0.29, 0.717) is 46.6 Å². The Labute approximate surface area is 213 Å². The molecule has 0 bridgehead atoms. The Hall–Kier alpha value is -3.78. The maximum atomic E-state index is 11.7. The van der Waals surface area contributed by atoms with Gasteiger partial charge in [-0.05, 0) is 50.8 Å². The molecule has 1 saturated carbocycles. The second kappa shape index (κ2) is 10.1. The number of hydrogen-bond donors (Lipinski definition) is 2. The molecule has 1 fully saturated rings. The number of carboxylic acids is 1. The molecule has 0 saturated heterocycles. The van der Waals surface area contributed by atoms with Gasteiger partial charge in [-0.15, -0.1) is 0 Å². The number of halogens is 1. The molecule has 9 heteroatoms. The number of carbonyl (C=O) groups is 1. The molecule has 4 aromatic rings. The molecule has 0 amide bonds. The molecular formula is C27H26ClN3O5. The number of nitrogens with zero attached hydrogens (tertiary/aromatic N) is 2. The summed E-state index contributed by atoms with van der Waals surface area (Å²) < 4.78 is 17.3. The van der Waals surface area contributed by atoms with Crippen molar-refractivity contribution in [1.82, 2.24) is 9.97 Å². The molecule has 186 valence electrons. The molecule has 0 radical (unpaired) electrons. The molecule has 2 heterocycles. The highest BCUT2D eigenvalue weighted by Crippen LogP contribution is 2.36. The van der Waals surface area contributed by atoms with Crippen molar-refractivity contribution in [3.05, 3.63) is 64.6 Å². The van der Waals surface area contributed by atoms with Crippen LogP contribution in [0.2, 0.25) is 5.02 Å². The third-order valence-corrected chi connectivity index (χ3v) is 6.66. The summed E-state index contributed by atoms with van der Waals surface area (Å²) in [7, 11) is 1.59. The Morgan fingerprint density at radius 2 is 2.03 bits per heavy atom. The standard InChI is InChI=1S/C27H26ClN3O5/c1-15-19(21-11-17(28)12-24(34-2)26(21)35-15)8-9-29-25-13-22(30-14-31-25)16-6-7-20(27(32)33)23(10-16)36-18-4-3-5-18/h6-7,10-14,18H,3-5,8-9H2,1-2H3,(H,32,33)(H,29,30,31). The van der Waals surface area contributed by atoms with E-state index >= 15 is 0 Å². The van der Waals surface area contributed by atoms with Crippen LogP contribution in [0.15, 0.2) is 47.1 Å². The number of aromatic nitrogens is 2. The minimum absolute atomic E-state index is 0.0679. The molecule has 2 aromatic carbocycles. The highest BCUT2D eigenvalue weighted by Gasteiger charge is 2.23. The van der Waals surface area contributed by atoms with Crippen LogP contribution in [-0.2, 0) is 6.42 Å². The number of anilines is 1. The minimum Gasteiger partial charge on any atom is -0.493 e. The lowest BCUT2D eigenvalue weighted by atomic mass is 9.96. The van der Waals surface area contributed by atoms with Crippen LogP contribution >= 0.6 is 11.6 Å². The summed E-state index contributed by atoms with van der Waals surface area (Å²) in [5, 5.41) is 14.4. The van der Waals surface area contributed by atoms with E-state index in [4.69, 9.17) is 25.5 Å². The number of hydrogen-bond acceptors (Lipinski definition) is 7. The van der Waals surface area contributed by atoms with Crippen LogP contribution in [0.3, 0.4) is 0 Å².